The highest BCUT2D eigenvalue weighted by atomic mass is 16.3. The standard InChI is InChI=1S/C7H8N4O3/c1-10-6-4(5(13)9-7(10)14)8-2-11(6)3-12/h2,12H,3H2,1H3,(H,9,13,14). The predicted molar refractivity (Wildman–Crippen MR) is 47.8 cm³/mol. The topological polar surface area (TPSA) is 92.9 Å². The fourth-order valence-corrected chi connectivity index (χ4v) is 1.33. The zero-order valence-electron chi connectivity index (χ0n) is 7.39. The molecule has 0 saturated heterocycles. The molecule has 2 aromatic heterocycles. The minimum Gasteiger partial charge on any atom is -0.376 e. The largest absolute Gasteiger partial charge is 0.376 e. The van der Waals surface area contributed by atoms with Gasteiger partial charge in [-0.15, -0.1) is 0 Å². The highest BCUT2D eigenvalue weighted by Crippen LogP contribution is 2.03. The minimum atomic E-state index is -0.546. The van der Waals surface area contributed by atoms with Gasteiger partial charge in [0.2, 0.25) is 0 Å². The Morgan fingerprint density at radius 1 is 1.57 bits per heavy atom. The molecule has 2 N–H and O–H groups in total. The summed E-state index contributed by atoms with van der Waals surface area (Å²) in [6.45, 7) is -0.326. The van der Waals surface area contributed by atoms with Crippen LogP contribution in [0.3, 0.4) is 0 Å². The second-order valence-electron chi connectivity index (χ2n) is 2.85. The average molecular weight is 196 g/mol. The van der Waals surface area contributed by atoms with Crippen molar-refractivity contribution in [1.29, 1.82) is 0 Å². The Balaban J connectivity index is 3.07. The van der Waals surface area contributed by atoms with Crippen molar-refractivity contribution < 1.29 is 5.11 Å². The van der Waals surface area contributed by atoms with Gasteiger partial charge in [-0.1, -0.05) is 0 Å². The number of rotatable bonds is 1. The number of hydrogen-bond donors (Lipinski definition) is 2. The van der Waals surface area contributed by atoms with Gasteiger partial charge < -0.3 is 5.11 Å². The third kappa shape index (κ3) is 0.990. The smallest absolute Gasteiger partial charge is 0.329 e. The summed E-state index contributed by atoms with van der Waals surface area (Å²) < 4.78 is 2.53. The van der Waals surface area contributed by atoms with Crippen molar-refractivity contribution in [3.05, 3.63) is 27.2 Å². The van der Waals surface area contributed by atoms with Crippen LogP contribution in [0.5, 0.6) is 0 Å². The third-order valence-corrected chi connectivity index (χ3v) is 2.02. The normalized spacial score (nSPS) is 11.0. The number of nitrogens with zero attached hydrogens (tertiary/aromatic N) is 3. The number of hydrogen-bond acceptors (Lipinski definition) is 4. The molecular weight excluding hydrogens is 188 g/mol. The van der Waals surface area contributed by atoms with Crippen molar-refractivity contribution in [2.24, 2.45) is 7.05 Å². The fraction of sp³-hybridized carbons (Fsp3) is 0.286. The van der Waals surface area contributed by atoms with E-state index in [-0.39, 0.29) is 12.2 Å². The Bertz CT molecular complexity index is 591. The molecule has 0 atom stereocenters. The summed E-state index contributed by atoms with van der Waals surface area (Å²) in [7, 11) is 1.49. The summed E-state index contributed by atoms with van der Waals surface area (Å²) in [6, 6.07) is 0. The van der Waals surface area contributed by atoms with E-state index in [1.54, 1.807) is 0 Å². The van der Waals surface area contributed by atoms with Crippen LogP contribution in [0.15, 0.2) is 15.9 Å². The maximum Gasteiger partial charge on any atom is 0.329 e. The molecule has 0 aliphatic heterocycles. The lowest BCUT2D eigenvalue weighted by molar-refractivity contribution is 0.213. The van der Waals surface area contributed by atoms with Crippen molar-refractivity contribution >= 4 is 11.2 Å². The Hall–Kier alpha value is -1.89. The Morgan fingerprint density at radius 3 is 2.93 bits per heavy atom. The molecule has 14 heavy (non-hydrogen) atoms. The molecular formula is C7H8N4O3. The fourth-order valence-electron chi connectivity index (χ4n) is 1.33. The molecule has 0 spiro atoms. The van der Waals surface area contributed by atoms with Gasteiger partial charge in [0, 0.05) is 7.05 Å². The molecule has 0 saturated carbocycles. The molecule has 0 aromatic carbocycles. The van der Waals surface area contributed by atoms with Crippen LogP contribution in [-0.2, 0) is 13.8 Å². The van der Waals surface area contributed by atoms with E-state index in [4.69, 9.17) is 5.11 Å². The molecule has 0 aliphatic carbocycles. The second-order valence-corrected chi connectivity index (χ2v) is 2.85. The van der Waals surface area contributed by atoms with Crippen molar-refractivity contribution in [2.45, 2.75) is 6.73 Å². The summed E-state index contributed by atoms with van der Waals surface area (Å²) in [6.07, 6.45) is 1.30. The van der Waals surface area contributed by atoms with Crippen LogP contribution < -0.4 is 11.2 Å². The third-order valence-electron chi connectivity index (χ3n) is 2.02. The van der Waals surface area contributed by atoms with Crippen LogP contribution in [0, 0.1) is 0 Å². The molecule has 7 heteroatoms. The summed E-state index contributed by atoms with van der Waals surface area (Å²) in [5.41, 5.74) is -0.629. The van der Waals surface area contributed by atoms with Crippen molar-refractivity contribution in [1.82, 2.24) is 19.1 Å². The monoisotopic (exact) mass is 196 g/mol. The highest BCUT2D eigenvalue weighted by Gasteiger charge is 2.09. The maximum atomic E-state index is 11.3. The Labute approximate surface area is 77.2 Å². The first-order valence-corrected chi connectivity index (χ1v) is 3.90. The van der Waals surface area contributed by atoms with Gasteiger partial charge in [-0.3, -0.25) is 18.9 Å². The zero-order valence-corrected chi connectivity index (χ0v) is 7.39. The van der Waals surface area contributed by atoms with Gasteiger partial charge in [-0.2, -0.15) is 0 Å². The lowest BCUT2D eigenvalue weighted by Crippen LogP contribution is -2.29. The number of aromatic amines is 1. The maximum absolute atomic E-state index is 11.3. The molecule has 0 amide bonds. The number of aliphatic hydroxyl groups is 1. The SMILES string of the molecule is Cn1c(=O)[nH]c(=O)c2ncn(CO)c21. The van der Waals surface area contributed by atoms with Crippen LogP contribution in [0.4, 0.5) is 0 Å². The quantitative estimate of drug-likeness (QED) is 0.572. The van der Waals surface area contributed by atoms with Crippen LogP contribution >= 0.6 is 0 Å². The van der Waals surface area contributed by atoms with Gasteiger partial charge in [-0.05, 0) is 0 Å². The Morgan fingerprint density at radius 2 is 2.29 bits per heavy atom. The van der Waals surface area contributed by atoms with Gasteiger partial charge in [0.1, 0.15) is 6.73 Å². The van der Waals surface area contributed by atoms with Crippen LogP contribution in [0.2, 0.25) is 0 Å². The van der Waals surface area contributed by atoms with E-state index in [0.29, 0.717) is 5.65 Å². The van der Waals surface area contributed by atoms with E-state index in [2.05, 4.69) is 9.97 Å². The number of nitrogens with one attached hydrogen (secondary N) is 1. The molecule has 74 valence electrons. The van der Waals surface area contributed by atoms with E-state index in [1.165, 1.54) is 22.5 Å². The first kappa shape index (κ1) is 8.70. The lowest BCUT2D eigenvalue weighted by atomic mass is 10.5. The number of H-pyrrole nitrogens is 1. The molecule has 0 unspecified atom stereocenters. The molecule has 0 fully saturated rings. The van der Waals surface area contributed by atoms with Crippen LogP contribution in [-0.4, -0.2) is 24.2 Å². The van der Waals surface area contributed by atoms with Gasteiger partial charge in [0.15, 0.2) is 11.2 Å². The summed E-state index contributed by atoms with van der Waals surface area (Å²) in [5, 5.41) is 8.93. The second kappa shape index (κ2) is 2.81. The predicted octanol–water partition coefficient (Wildman–Crippen LogP) is -1.63. The van der Waals surface area contributed by atoms with Gasteiger partial charge in [0.25, 0.3) is 5.56 Å². The number of fused-ring (bicyclic) bond motifs is 1. The van der Waals surface area contributed by atoms with Crippen LogP contribution in [0.1, 0.15) is 0 Å². The number of aryl methyl sites for hydroxylation is 1. The van der Waals surface area contributed by atoms with Gasteiger partial charge in [-0.25, -0.2) is 9.78 Å². The number of imidazole rings is 1. The van der Waals surface area contributed by atoms with E-state index in [1.807, 2.05) is 0 Å². The average Bonchev–Trinajstić information content (AvgIpc) is 2.58. The van der Waals surface area contributed by atoms with Crippen molar-refractivity contribution in [2.75, 3.05) is 0 Å². The molecule has 0 radical (unpaired) electrons. The molecule has 2 rings (SSSR count). The summed E-state index contributed by atoms with van der Waals surface area (Å²) in [4.78, 5) is 28.4. The highest BCUT2D eigenvalue weighted by molar-refractivity contribution is 5.69. The van der Waals surface area contributed by atoms with Crippen molar-refractivity contribution in [3.63, 3.8) is 0 Å². The Kier molecular flexibility index (Phi) is 1.74. The van der Waals surface area contributed by atoms with Crippen molar-refractivity contribution in [3.8, 4) is 0 Å². The van der Waals surface area contributed by atoms with E-state index >= 15 is 0 Å². The van der Waals surface area contributed by atoms with Crippen LogP contribution in [0.25, 0.3) is 11.2 Å². The van der Waals surface area contributed by atoms with E-state index in [9.17, 15) is 9.59 Å². The first-order valence-electron chi connectivity index (χ1n) is 3.90. The number of aromatic nitrogens is 4. The minimum absolute atomic E-state index is 0.140. The molecule has 0 bridgehead atoms. The molecule has 2 heterocycles. The van der Waals surface area contributed by atoms with Gasteiger partial charge in [0.05, 0.1) is 6.33 Å². The lowest BCUT2D eigenvalue weighted by Gasteiger charge is -2.02. The first-order chi connectivity index (χ1) is 6.65. The zero-order chi connectivity index (χ0) is 10.3. The molecule has 2 aromatic rings. The molecule has 0 aliphatic rings. The van der Waals surface area contributed by atoms with Gasteiger partial charge >= 0.3 is 5.69 Å². The molecule has 7 nitrogen and oxygen atoms in total. The number of aliphatic hydroxyl groups excluding tert-OH is 1. The van der Waals surface area contributed by atoms with E-state index in [0.717, 1.165) is 0 Å². The summed E-state index contributed by atoms with van der Waals surface area (Å²) >= 11 is 0. The summed E-state index contributed by atoms with van der Waals surface area (Å²) in [5.74, 6) is 0. The van der Waals surface area contributed by atoms with E-state index < -0.39 is 11.2 Å².